The average Bonchev–Trinajstić information content (AvgIpc) is 2.19. The van der Waals surface area contributed by atoms with Gasteiger partial charge in [0.1, 0.15) is 5.15 Å². The standard InChI is InChI=1S/C9H14ClN3O/c1-2-7(12)8(14)6-3-5(11)4-13-9(6)10/h3-4,7-8,14H,2,11-12H2,1H3. The second kappa shape index (κ2) is 4.59. The van der Waals surface area contributed by atoms with Crippen LogP contribution in [0.25, 0.3) is 0 Å². The van der Waals surface area contributed by atoms with E-state index in [9.17, 15) is 5.11 Å². The number of halogens is 1. The summed E-state index contributed by atoms with van der Waals surface area (Å²) in [6, 6.07) is 1.24. The molecule has 0 saturated carbocycles. The predicted octanol–water partition coefficient (Wildman–Crippen LogP) is 1.09. The maximum Gasteiger partial charge on any atom is 0.135 e. The Morgan fingerprint density at radius 2 is 2.29 bits per heavy atom. The van der Waals surface area contributed by atoms with E-state index < -0.39 is 6.10 Å². The van der Waals surface area contributed by atoms with Crippen LogP contribution in [-0.4, -0.2) is 16.1 Å². The van der Waals surface area contributed by atoms with Crippen LogP contribution in [0.2, 0.25) is 5.15 Å². The van der Waals surface area contributed by atoms with Gasteiger partial charge in [-0.05, 0) is 12.5 Å². The van der Waals surface area contributed by atoms with Gasteiger partial charge in [0.05, 0.1) is 18.0 Å². The summed E-state index contributed by atoms with van der Waals surface area (Å²) >= 11 is 5.81. The fraction of sp³-hybridized carbons (Fsp3) is 0.444. The number of hydrogen-bond acceptors (Lipinski definition) is 4. The van der Waals surface area contributed by atoms with Crippen molar-refractivity contribution in [2.24, 2.45) is 5.73 Å². The molecule has 0 aliphatic carbocycles. The van der Waals surface area contributed by atoms with E-state index in [0.717, 1.165) is 0 Å². The second-order valence-corrected chi connectivity index (χ2v) is 3.52. The Balaban J connectivity index is 2.99. The fourth-order valence-electron chi connectivity index (χ4n) is 1.14. The van der Waals surface area contributed by atoms with Crippen molar-refractivity contribution < 1.29 is 5.11 Å². The summed E-state index contributed by atoms with van der Waals surface area (Å²) in [6.45, 7) is 1.89. The van der Waals surface area contributed by atoms with Crippen LogP contribution in [0.15, 0.2) is 12.3 Å². The Morgan fingerprint density at radius 3 is 2.86 bits per heavy atom. The molecule has 2 atom stereocenters. The number of aliphatic hydroxyl groups excluding tert-OH is 1. The summed E-state index contributed by atoms with van der Waals surface area (Å²) in [4.78, 5) is 3.84. The van der Waals surface area contributed by atoms with Crippen molar-refractivity contribution in [2.75, 3.05) is 5.73 Å². The zero-order valence-corrected chi connectivity index (χ0v) is 8.70. The van der Waals surface area contributed by atoms with Crippen LogP contribution in [0.4, 0.5) is 5.69 Å². The zero-order chi connectivity index (χ0) is 10.7. The number of hydrogen-bond donors (Lipinski definition) is 3. The first-order valence-electron chi connectivity index (χ1n) is 4.40. The number of pyridine rings is 1. The van der Waals surface area contributed by atoms with Crippen LogP contribution in [0.1, 0.15) is 25.0 Å². The van der Waals surface area contributed by atoms with Crippen molar-refractivity contribution in [1.29, 1.82) is 0 Å². The van der Waals surface area contributed by atoms with Gasteiger partial charge in [-0.3, -0.25) is 0 Å². The van der Waals surface area contributed by atoms with Crippen molar-refractivity contribution in [3.05, 3.63) is 23.0 Å². The lowest BCUT2D eigenvalue weighted by atomic mass is 10.0. The van der Waals surface area contributed by atoms with E-state index in [2.05, 4.69) is 4.98 Å². The summed E-state index contributed by atoms with van der Waals surface area (Å²) in [5.74, 6) is 0. The highest BCUT2D eigenvalue weighted by atomic mass is 35.5. The summed E-state index contributed by atoms with van der Waals surface area (Å²) in [7, 11) is 0. The lowest BCUT2D eigenvalue weighted by Gasteiger charge is -2.18. The average molecular weight is 216 g/mol. The maximum absolute atomic E-state index is 9.79. The molecule has 0 aliphatic rings. The minimum Gasteiger partial charge on any atom is -0.397 e. The van der Waals surface area contributed by atoms with Gasteiger partial charge in [-0.1, -0.05) is 18.5 Å². The van der Waals surface area contributed by atoms with E-state index in [-0.39, 0.29) is 11.2 Å². The van der Waals surface area contributed by atoms with E-state index in [1.165, 1.54) is 6.20 Å². The Morgan fingerprint density at radius 1 is 1.64 bits per heavy atom. The highest BCUT2D eigenvalue weighted by molar-refractivity contribution is 6.30. The van der Waals surface area contributed by atoms with Crippen LogP contribution < -0.4 is 11.5 Å². The Hall–Kier alpha value is -0.840. The molecule has 0 bridgehead atoms. The minimum atomic E-state index is -0.816. The van der Waals surface area contributed by atoms with E-state index in [1.807, 2.05) is 6.92 Å². The quantitative estimate of drug-likeness (QED) is 0.659. The highest BCUT2D eigenvalue weighted by Gasteiger charge is 2.18. The number of nitrogen functional groups attached to an aromatic ring is 1. The molecule has 1 heterocycles. The van der Waals surface area contributed by atoms with Crippen LogP contribution in [-0.2, 0) is 0 Å². The van der Waals surface area contributed by atoms with Gasteiger partial charge >= 0.3 is 0 Å². The SMILES string of the molecule is CCC(N)C(O)c1cc(N)cnc1Cl. The van der Waals surface area contributed by atoms with Gasteiger partial charge in [0.25, 0.3) is 0 Å². The predicted molar refractivity (Wildman–Crippen MR) is 56.9 cm³/mol. The molecule has 1 aromatic rings. The van der Waals surface area contributed by atoms with Crippen LogP contribution >= 0.6 is 11.6 Å². The molecule has 14 heavy (non-hydrogen) atoms. The number of aliphatic hydroxyl groups is 1. The zero-order valence-electron chi connectivity index (χ0n) is 7.94. The van der Waals surface area contributed by atoms with E-state index >= 15 is 0 Å². The summed E-state index contributed by atoms with van der Waals surface area (Å²) in [5.41, 5.74) is 12.2. The smallest absolute Gasteiger partial charge is 0.135 e. The first-order chi connectivity index (χ1) is 6.56. The third kappa shape index (κ3) is 2.35. The normalized spacial score (nSPS) is 15.1. The monoisotopic (exact) mass is 215 g/mol. The summed E-state index contributed by atoms with van der Waals surface area (Å²) < 4.78 is 0. The van der Waals surface area contributed by atoms with Gasteiger partial charge < -0.3 is 16.6 Å². The van der Waals surface area contributed by atoms with Crippen molar-refractivity contribution in [3.8, 4) is 0 Å². The topological polar surface area (TPSA) is 85.2 Å². The Kier molecular flexibility index (Phi) is 3.69. The van der Waals surface area contributed by atoms with Crippen molar-refractivity contribution >= 4 is 17.3 Å². The molecule has 0 aromatic carbocycles. The highest BCUT2D eigenvalue weighted by Crippen LogP contribution is 2.25. The molecule has 4 nitrogen and oxygen atoms in total. The molecule has 0 fully saturated rings. The first-order valence-corrected chi connectivity index (χ1v) is 4.78. The maximum atomic E-state index is 9.79. The molecule has 0 aliphatic heterocycles. The molecular formula is C9H14ClN3O. The number of aromatic nitrogens is 1. The van der Waals surface area contributed by atoms with Gasteiger partial charge in [0.2, 0.25) is 0 Å². The molecule has 1 rings (SSSR count). The lowest BCUT2D eigenvalue weighted by Crippen LogP contribution is -2.27. The molecule has 0 saturated heterocycles. The molecule has 5 N–H and O–H groups in total. The molecule has 0 spiro atoms. The fourth-order valence-corrected chi connectivity index (χ4v) is 1.36. The van der Waals surface area contributed by atoms with Gasteiger partial charge in [-0.25, -0.2) is 4.98 Å². The van der Waals surface area contributed by atoms with Crippen LogP contribution in [0.3, 0.4) is 0 Å². The number of nitrogens with zero attached hydrogens (tertiary/aromatic N) is 1. The molecule has 2 unspecified atom stereocenters. The number of nitrogens with two attached hydrogens (primary N) is 2. The number of anilines is 1. The molecule has 0 amide bonds. The molecule has 5 heteroatoms. The summed E-state index contributed by atoms with van der Waals surface area (Å²) in [6.07, 6.45) is 1.28. The number of rotatable bonds is 3. The van der Waals surface area contributed by atoms with Crippen LogP contribution in [0.5, 0.6) is 0 Å². The Bertz CT molecular complexity index is 319. The Labute approximate surface area is 87.9 Å². The lowest BCUT2D eigenvalue weighted by molar-refractivity contribution is 0.144. The largest absolute Gasteiger partial charge is 0.397 e. The molecule has 1 aromatic heterocycles. The third-order valence-corrected chi connectivity index (χ3v) is 2.40. The van der Waals surface area contributed by atoms with E-state index in [1.54, 1.807) is 6.07 Å². The van der Waals surface area contributed by atoms with Crippen molar-refractivity contribution in [3.63, 3.8) is 0 Å². The van der Waals surface area contributed by atoms with Crippen LogP contribution in [0, 0.1) is 0 Å². The van der Waals surface area contributed by atoms with Gasteiger partial charge in [-0.15, -0.1) is 0 Å². The van der Waals surface area contributed by atoms with Gasteiger partial charge in [0.15, 0.2) is 0 Å². The van der Waals surface area contributed by atoms with E-state index in [4.69, 9.17) is 23.1 Å². The molecule has 78 valence electrons. The van der Waals surface area contributed by atoms with Gasteiger partial charge in [-0.2, -0.15) is 0 Å². The first kappa shape index (κ1) is 11.2. The minimum absolute atomic E-state index is 0.246. The second-order valence-electron chi connectivity index (χ2n) is 3.17. The summed E-state index contributed by atoms with van der Waals surface area (Å²) in [5, 5.41) is 10.0. The third-order valence-electron chi connectivity index (χ3n) is 2.08. The molecular weight excluding hydrogens is 202 g/mol. The van der Waals surface area contributed by atoms with E-state index in [0.29, 0.717) is 17.7 Å². The van der Waals surface area contributed by atoms with Crippen molar-refractivity contribution in [2.45, 2.75) is 25.5 Å². The van der Waals surface area contributed by atoms with Gasteiger partial charge in [0, 0.05) is 11.6 Å². The molecule has 0 radical (unpaired) electrons. The van der Waals surface area contributed by atoms with Crippen molar-refractivity contribution in [1.82, 2.24) is 4.98 Å².